The van der Waals surface area contributed by atoms with Crippen LogP contribution in [0.2, 0.25) is 0 Å². The summed E-state index contributed by atoms with van der Waals surface area (Å²) < 4.78 is 0. The molecule has 0 atom stereocenters. The van der Waals surface area contributed by atoms with Gasteiger partial charge in [-0.3, -0.25) is 4.79 Å². The number of hydrogen-bond donors (Lipinski definition) is 1. The highest BCUT2D eigenvalue weighted by molar-refractivity contribution is 5.77. The van der Waals surface area contributed by atoms with Crippen LogP contribution in [-0.2, 0) is 4.79 Å². The molecule has 0 radical (unpaired) electrons. The van der Waals surface area contributed by atoms with E-state index in [-0.39, 0.29) is 5.41 Å². The third-order valence-corrected chi connectivity index (χ3v) is 5.75. The van der Waals surface area contributed by atoms with Crippen molar-refractivity contribution in [1.29, 1.82) is 0 Å². The number of carbonyl (C=O) groups excluding carboxylic acids is 1. The summed E-state index contributed by atoms with van der Waals surface area (Å²) in [7, 11) is 4.17. The zero-order valence-corrected chi connectivity index (χ0v) is 14.6. The van der Waals surface area contributed by atoms with E-state index in [4.69, 9.17) is 5.73 Å². The van der Waals surface area contributed by atoms with Gasteiger partial charge in [-0.15, -0.1) is 0 Å². The number of carbonyl (C=O) groups is 1. The fourth-order valence-corrected chi connectivity index (χ4v) is 4.21. The van der Waals surface area contributed by atoms with Crippen molar-refractivity contribution in [3.63, 3.8) is 0 Å². The summed E-state index contributed by atoms with van der Waals surface area (Å²) in [5, 5.41) is 0. The minimum Gasteiger partial charge on any atom is -0.338 e. The van der Waals surface area contributed by atoms with Gasteiger partial charge in [0.1, 0.15) is 0 Å². The number of hydrogen-bond acceptors (Lipinski definition) is 3. The first-order valence-corrected chi connectivity index (χ1v) is 9.21. The molecule has 22 heavy (non-hydrogen) atoms. The Morgan fingerprint density at radius 2 is 1.68 bits per heavy atom. The van der Waals surface area contributed by atoms with Crippen LogP contribution in [-0.4, -0.2) is 55.5 Å². The molecule has 0 aromatic heterocycles. The van der Waals surface area contributed by atoms with E-state index in [1.54, 1.807) is 0 Å². The first-order valence-electron chi connectivity index (χ1n) is 9.21. The minimum absolute atomic E-state index is 0.0876. The third-order valence-electron chi connectivity index (χ3n) is 5.75. The second-order valence-electron chi connectivity index (χ2n) is 7.77. The van der Waals surface area contributed by atoms with Gasteiger partial charge in [0, 0.05) is 25.6 Å². The van der Waals surface area contributed by atoms with Gasteiger partial charge in [0.15, 0.2) is 0 Å². The monoisotopic (exact) mass is 309 g/mol. The molecule has 0 bridgehead atoms. The van der Waals surface area contributed by atoms with E-state index in [0.29, 0.717) is 24.9 Å². The van der Waals surface area contributed by atoms with Crippen LogP contribution in [0.4, 0.5) is 0 Å². The molecule has 4 nitrogen and oxygen atoms in total. The van der Waals surface area contributed by atoms with Gasteiger partial charge in [-0.1, -0.05) is 32.1 Å². The van der Waals surface area contributed by atoms with Crippen LogP contribution in [0.3, 0.4) is 0 Å². The Balaban J connectivity index is 2.00. The molecule has 0 aromatic rings. The fourth-order valence-electron chi connectivity index (χ4n) is 4.21. The first kappa shape index (κ1) is 17.7. The van der Waals surface area contributed by atoms with Crippen molar-refractivity contribution in [3.8, 4) is 0 Å². The van der Waals surface area contributed by atoms with Crippen molar-refractivity contribution >= 4 is 5.91 Å². The SMILES string of the molecule is CN(C)CCN(C(=O)CC1(CN)CCCCC1)C1CCCC1. The average molecular weight is 309 g/mol. The smallest absolute Gasteiger partial charge is 0.223 e. The molecule has 2 N–H and O–H groups in total. The first-order chi connectivity index (χ1) is 10.6. The van der Waals surface area contributed by atoms with Crippen molar-refractivity contribution < 1.29 is 4.79 Å². The van der Waals surface area contributed by atoms with Crippen molar-refractivity contribution in [1.82, 2.24) is 9.80 Å². The van der Waals surface area contributed by atoms with Crippen molar-refractivity contribution in [3.05, 3.63) is 0 Å². The highest BCUT2D eigenvalue weighted by Gasteiger charge is 2.36. The minimum atomic E-state index is 0.0876. The molecule has 2 aliphatic rings. The molecule has 0 spiro atoms. The van der Waals surface area contributed by atoms with E-state index in [9.17, 15) is 4.79 Å². The summed E-state index contributed by atoms with van der Waals surface area (Å²) in [4.78, 5) is 17.4. The maximum atomic E-state index is 13.0. The van der Waals surface area contributed by atoms with Gasteiger partial charge in [-0.2, -0.15) is 0 Å². The van der Waals surface area contributed by atoms with Crippen LogP contribution in [0.15, 0.2) is 0 Å². The van der Waals surface area contributed by atoms with Crippen molar-refractivity contribution in [2.45, 2.75) is 70.3 Å². The second-order valence-corrected chi connectivity index (χ2v) is 7.77. The number of rotatable bonds is 7. The lowest BCUT2D eigenvalue weighted by Crippen LogP contribution is -2.46. The zero-order chi connectivity index (χ0) is 16.0. The molecule has 2 saturated carbocycles. The van der Waals surface area contributed by atoms with Crippen LogP contribution in [0, 0.1) is 5.41 Å². The Morgan fingerprint density at radius 1 is 1.05 bits per heavy atom. The van der Waals surface area contributed by atoms with Crippen LogP contribution in [0.25, 0.3) is 0 Å². The molecular weight excluding hydrogens is 274 g/mol. The highest BCUT2D eigenvalue weighted by atomic mass is 16.2. The van der Waals surface area contributed by atoms with Gasteiger partial charge < -0.3 is 15.5 Å². The van der Waals surface area contributed by atoms with E-state index < -0.39 is 0 Å². The van der Waals surface area contributed by atoms with E-state index in [0.717, 1.165) is 25.9 Å². The molecule has 2 rings (SSSR count). The highest BCUT2D eigenvalue weighted by Crippen LogP contribution is 2.39. The molecule has 4 heteroatoms. The molecule has 2 fully saturated rings. The summed E-state index contributed by atoms with van der Waals surface area (Å²) in [6, 6.07) is 0.478. The van der Waals surface area contributed by atoms with Crippen molar-refractivity contribution in [2.24, 2.45) is 11.1 Å². The Hall–Kier alpha value is -0.610. The zero-order valence-electron chi connectivity index (χ0n) is 14.6. The Bertz CT molecular complexity index is 344. The normalized spacial score (nSPS) is 22.2. The predicted molar refractivity (Wildman–Crippen MR) is 91.7 cm³/mol. The fraction of sp³-hybridized carbons (Fsp3) is 0.944. The molecule has 0 unspecified atom stereocenters. The Kier molecular flexibility index (Phi) is 6.69. The second kappa shape index (κ2) is 8.30. The topological polar surface area (TPSA) is 49.6 Å². The van der Waals surface area contributed by atoms with E-state index in [2.05, 4.69) is 23.9 Å². The molecule has 2 aliphatic carbocycles. The number of nitrogens with zero attached hydrogens (tertiary/aromatic N) is 2. The van der Waals surface area contributed by atoms with E-state index >= 15 is 0 Å². The largest absolute Gasteiger partial charge is 0.338 e. The van der Waals surface area contributed by atoms with Gasteiger partial charge in [-0.25, -0.2) is 0 Å². The third kappa shape index (κ3) is 4.69. The number of nitrogens with two attached hydrogens (primary N) is 1. The van der Waals surface area contributed by atoms with Crippen LogP contribution >= 0.6 is 0 Å². The van der Waals surface area contributed by atoms with Crippen LogP contribution < -0.4 is 5.73 Å². The average Bonchev–Trinajstić information content (AvgIpc) is 3.02. The van der Waals surface area contributed by atoms with Crippen molar-refractivity contribution in [2.75, 3.05) is 33.7 Å². The number of amides is 1. The lowest BCUT2D eigenvalue weighted by Gasteiger charge is -2.39. The Labute approximate surface area is 136 Å². The quantitative estimate of drug-likeness (QED) is 0.786. The van der Waals surface area contributed by atoms with Gasteiger partial charge >= 0.3 is 0 Å². The van der Waals surface area contributed by atoms with Gasteiger partial charge in [0.2, 0.25) is 5.91 Å². The van der Waals surface area contributed by atoms with E-state index in [1.165, 1.54) is 44.9 Å². The lowest BCUT2D eigenvalue weighted by atomic mass is 9.71. The number of likely N-dealkylation sites (N-methyl/N-ethyl adjacent to an activating group) is 1. The predicted octanol–water partition coefficient (Wildman–Crippen LogP) is 2.62. The summed E-state index contributed by atoms with van der Waals surface area (Å²) >= 11 is 0. The summed E-state index contributed by atoms with van der Waals surface area (Å²) in [6.07, 6.45) is 11.7. The Morgan fingerprint density at radius 3 is 2.23 bits per heavy atom. The van der Waals surface area contributed by atoms with Crippen LogP contribution in [0.1, 0.15) is 64.2 Å². The van der Waals surface area contributed by atoms with Gasteiger partial charge in [0.25, 0.3) is 0 Å². The van der Waals surface area contributed by atoms with Gasteiger partial charge in [-0.05, 0) is 51.7 Å². The summed E-state index contributed by atoms with van der Waals surface area (Å²) in [5.41, 5.74) is 6.17. The maximum Gasteiger partial charge on any atom is 0.223 e. The van der Waals surface area contributed by atoms with Gasteiger partial charge in [0.05, 0.1) is 0 Å². The molecule has 0 heterocycles. The van der Waals surface area contributed by atoms with Crippen LogP contribution in [0.5, 0.6) is 0 Å². The van der Waals surface area contributed by atoms with E-state index in [1.807, 2.05) is 0 Å². The summed E-state index contributed by atoms with van der Waals surface area (Å²) in [5.74, 6) is 0.362. The molecule has 0 saturated heterocycles. The molecule has 128 valence electrons. The molecule has 0 aliphatic heterocycles. The summed E-state index contributed by atoms with van der Waals surface area (Å²) in [6.45, 7) is 2.50. The molecular formula is C18H35N3O. The molecule has 0 aromatic carbocycles. The maximum absolute atomic E-state index is 13.0. The molecule has 1 amide bonds. The standard InChI is InChI=1S/C18H35N3O/c1-20(2)12-13-21(16-8-4-5-9-16)17(22)14-18(15-19)10-6-3-7-11-18/h16H,3-15,19H2,1-2H3. The lowest BCUT2D eigenvalue weighted by molar-refractivity contribution is -0.136.